The topological polar surface area (TPSA) is 83.2 Å². The molecule has 0 aliphatic carbocycles. The van der Waals surface area contributed by atoms with Gasteiger partial charge in [-0.05, 0) is 206 Å². The number of rotatable bonds is 12. The Hall–Kier alpha value is -19.6. The second-order valence-corrected chi connectivity index (χ2v) is 38.3. The van der Waals surface area contributed by atoms with Gasteiger partial charge in [0, 0.05) is 153 Å². The van der Waals surface area contributed by atoms with Gasteiger partial charge < -0.3 is 54.9 Å². The van der Waals surface area contributed by atoms with E-state index in [4.69, 9.17) is 17.7 Å². The Morgan fingerprint density at radius 1 is 0.130 bits per heavy atom. The van der Waals surface area contributed by atoms with Gasteiger partial charge in [0.25, 0.3) is 0 Å². The highest BCUT2D eigenvalue weighted by molar-refractivity contribution is 6.35. The molecule has 12 heteroatoms. The lowest BCUT2D eigenvalue weighted by molar-refractivity contribution is 0.668. The summed E-state index contributed by atoms with van der Waals surface area (Å²) in [6.45, 7) is 0. The van der Waals surface area contributed by atoms with Crippen LogP contribution in [0.1, 0.15) is 14.9 Å². The summed E-state index contributed by atoms with van der Waals surface area (Å²) in [4.78, 5) is 9.68. The van der Waals surface area contributed by atoms with E-state index in [9.17, 15) is 0 Å². The quantitative estimate of drug-likeness (QED) is 0.120. The zero-order chi connectivity index (χ0) is 93.5. The molecule has 146 heavy (non-hydrogen) atoms. The van der Waals surface area contributed by atoms with Crippen molar-refractivity contribution in [3.05, 3.63) is 461 Å². The predicted octanol–water partition coefficient (Wildman–Crippen LogP) is 38.7. The Labute approximate surface area is 833 Å². The van der Waals surface area contributed by atoms with Crippen molar-refractivity contribution in [2.45, 2.75) is 14.9 Å². The number of anilines is 12. The molecule has 684 valence electrons. The van der Waals surface area contributed by atoms with Gasteiger partial charge in [0.05, 0.1) is 111 Å². The van der Waals surface area contributed by atoms with Crippen molar-refractivity contribution in [2.75, 3.05) is 19.6 Å². The van der Waals surface area contributed by atoms with Gasteiger partial charge in [0.15, 0.2) is 0 Å². The van der Waals surface area contributed by atoms with Gasteiger partial charge in [0.1, 0.15) is 44.7 Å². The lowest BCUT2D eigenvalue weighted by atomic mass is 10.0. The van der Waals surface area contributed by atoms with Crippen molar-refractivity contribution in [3.63, 3.8) is 0 Å². The standard InChI is InChI=1S/2C66H38N4O2.2CH4/c1-3-17-39(18-4-1)67(53-31-15-35-59-63(53)43-21-7-9-33-57(43)71-59)49-27-13-29-51-61(49)45-25-11-23-41-47-38-56-48(37-55(47)69(51)65(41)45)42-24-12-26-46-62-50(28-14-30-52(62)70(56)66(42)46)68(40-19-5-2-6-20-40)54-32-16-36-60-64(54)44-22-8-10-34-58(44)72-60;1-3-15-39(16-4-1)67(41-31-33-61-51(35-41)43-19-7-9-29-59(43)71-61)53-25-13-27-55-63(53)47-23-11-21-45-49-38-58-50(37-57(49)69(55)65(45)47)46-22-12-24-48-64-54(26-14-28-56(64)70(58)66(46)48)68(40-17-5-2-6-18-40)42-32-34-62-52(36-42)44-20-8-10-30-60(44)72-62;;/h2*1-38H;2*1H4. The third-order valence-electron chi connectivity index (χ3n) is 31.0. The van der Waals surface area contributed by atoms with Crippen molar-refractivity contribution >= 4 is 308 Å². The Kier molecular flexibility index (Phi) is 17.0. The molecule has 0 saturated carbocycles. The molecule has 12 nitrogen and oxygen atoms in total. The molecule has 0 unspecified atom stereocenters. The van der Waals surface area contributed by atoms with Crippen molar-refractivity contribution in [2.24, 2.45) is 0 Å². The van der Waals surface area contributed by atoms with E-state index in [2.05, 4.69) is 462 Å². The van der Waals surface area contributed by atoms with E-state index in [-0.39, 0.29) is 14.9 Å². The average molecular weight is 1870 g/mol. The van der Waals surface area contributed by atoms with Crippen LogP contribution in [0.2, 0.25) is 0 Å². The third-order valence-corrected chi connectivity index (χ3v) is 31.0. The molecule has 12 aromatic heterocycles. The number of benzene rings is 22. The fourth-order valence-corrected chi connectivity index (χ4v) is 25.3. The van der Waals surface area contributed by atoms with Crippen LogP contribution >= 0.6 is 0 Å². The Balaban J connectivity index is 0.000000131. The van der Waals surface area contributed by atoms with E-state index in [0.717, 1.165) is 156 Å². The molecule has 0 aliphatic heterocycles. The number of nitrogens with zero attached hydrogens (tertiary/aromatic N) is 8. The Bertz CT molecular complexity index is 10800. The Morgan fingerprint density at radius 3 is 0.664 bits per heavy atom. The first-order valence-electron chi connectivity index (χ1n) is 49.2. The summed E-state index contributed by atoms with van der Waals surface area (Å²) in [6, 6.07) is 167. The SMILES string of the molecule is C.C.c1ccc(N(c2ccc3oc4ccccc4c3c2)c2cccc3c2c2cccc4c5cc6c(cc5n3c42)c2cccc3c4c(N(c5ccccc5)c5ccc7oc8ccccc8c7c5)cccc4n6c23)cc1.c1ccc(N(c2cccc3oc4ccccc4c23)c2cccc3c2c2cccc4c5cc6c(cc5n3c42)c2cccc3c4c(N(c5ccccc5)c5cccc7oc8ccccc8c57)cccc4n6c23)cc1. The smallest absolute Gasteiger partial charge is 0.137 e. The molecular formula is C134H84N8O4. The first kappa shape index (κ1) is 81.3. The van der Waals surface area contributed by atoms with Crippen molar-refractivity contribution in [1.29, 1.82) is 0 Å². The van der Waals surface area contributed by atoms with Crippen molar-refractivity contribution < 1.29 is 17.7 Å². The molecule has 0 spiro atoms. The van der Waals surface area contributed by atoms with Gasteiger partial charge in [-0.1, -0.05) is 270 Å². The molecule has 12 heterocycles. The molecule has 34 rings (SSSR count). The van der Waals surface area contributed by atoms with Gasteiger partial charge in [-0.25, -0.2) is 0 Å². The molecule has 0 aliphatic rings. The molecule has 0 bridgehead atoms. The summed E-state index contributed by atoms with van der Waals surface area (Å²) >= 11 is 0. The number of furan rings is 4. The van der Waals surface area contributed by atoms with Gasteiger partial charge in [0.2, 0.25) is 0 Å². The zero-order valence-corrected chi connectivity index (χ0v) is 77.1. The molecular weight excluding hydrogens is 1790 g/mol. The molecule has 34 aromatic rings. The van der Waals surface area contributed by atoms with Crippen LogP contribution in [0.15, 0.2) is 479 Å². The normalized spacial score (nSPS) is 12.3. The van der Waals surface area contributed by atoms with Crippen LogP contribution in [0.5, 0.6) is 0 Å². The first-order valence-corrected chi connectivity index (χ1v) is 49.2. The summed E-state index contributed by atoms with van der Waals surface area (Å²) in [5.41, 5.74) is 34.6. The first-order chi connectivity index (χ1) is 71.5. The summed E-state index contributed by atoms with van der Waals surface area (Å²) in [7, 11) is 0. The highest BCUT2D eigenvalue weighted by Crippen LogP contribution is 2.57. The monoisotopic (exact) mass is 1870 g/mol. The molecule has 0 N–H and O–H groups in total. The maximum Gasteiger partial charge on any atom is 0.137 e. The molecule has 0 amide bonds. The van der Waals surface area contributed by atoms with Gasteiger partial charge in [-0.3, -0.25) is 0 Å². The van der Waals surface area contributed by atoms with Gasteiger partial charge in [-0.15, -0.1) is 0 Å². The second kappa shape index (κ2) is 30.5. The predicted molar refractivity (Wildman–Crippen MR) is 613 cm³/mol. The van der Waals surface area contributed by atoms with Gasteiger partial charge >= 0.3 is 0 Å². The highest BCUT2D eigenvalue weighted by atomic mass is 16.3. The summed E-state index contributed by atoms with van der Waals surface area (Å²) < 4.78 is 35.7. The van der Waals surface area contributed by atoms with Crippen molar-refractivity contribution in [1.82, 2.24) is 17.6 Å². The van der Waals surface area contributed by atoms with Crippen molar-refractivity contribution in [3.8, 4) is 0 Å². The lowest BCUT2D eigenvalue weighted by Crippen LogP contribution is -2.10. The second-order valence-electron chi connectivity index (χ2n) is 38.3. The largest absolute Gasteiger partial charge is 0.456 e. The van der Waals surface area contributed by atoms with E-state index in [1.807, 2.05) is 36.4 Å². The van der Waals surface area contributed by atoms with E-state index in [0.29, 0.717) is 0 Å². The number of para-hydroxylation sites is 12. The summed E-state index contributed by atoms with van der Waals surface area (Å²) in [6.07, 6.45) is 0. The third kappa shape index (κ3) is 11.0. The zero-order valence-electron chi connectivity index (χ0n) is 77.1. The van der Waals surface area contributed by atoms with Crippen LogP contribution < -0.4 is 19.6 Å². The number of hydrogen-bond acceptors (Lipinski definition) is 8. The van der Waals surface area contributed by atoms with E-state index < -0.39 is 0 Å². The molecule has 0 atom stereocenters. The summed E-state index contributed by atoms with van der Waals surface area (Å²) in [5.74, 6) is 0. The van der Waals surface area contributed by atoms with Crippen LogP contribution in [0.3, 0.4) is 0 Å². The molecule has 22 aromatic carbocycles. The van der Waals surface area contributed by atoms with Crippen LogP contribution in [-0.4, -0.2) is 17.6 Å². The fourth-order valence-electron chi connectivity index (χ4n) is 25.3. The lowest BCUT2D eigenvalue weighted by Gasteiger charge is -2.27. The maximum absolute atomic E-state index is 6.48. The minimum Gasteiger partial charge on any atom is -0.456 e. The van der Waals surface area contributed by atoms with Crippen LogP contribution in [-0.2, 0) is 0 Å². The average Bonchev–Trinajstić information content (AvgIpc) is 1.51. The molecule has 0 fully saturated rings. The minimum absolute atomic E-state index is 0. The number of aromatic nitrogens is 4. The molecule has 0 radical (unpaired) electrons. The maximum atomic E-state index is 6.48. The van der Waals surface area contributed by atoms with E-state index >= 15 is 0 Å². The summed E-state index contributed by atoms with van der Waals surface area (Å²) in [5, 5.41) is 28.5. The fraction of sp³-hybridized carbons (Fsp3) is 0.0149. The Morgan fingerprint density at radius 2 is 0.349 bits per heavy atom. The van der Waals surface area contributed by atoms with Crippen LogP contribution in [0, 0.1) is 0 Å². The van der Waals surface area contributed by atoms with Crippen LogP contribution in [0.4, 0.5) is 68.2 Å². The molecule has 0 saturated heterocycles. The van der Waals surface area contributed by atoms with E-state index in [1.165, 1.54) is 152 Å². The highest BCUT2D eigenvalue weighted by Gasteiger charge is 2.34. The number of hydrogen-bond donors (Lipinski definition) is 0. The number of fused-ring (bicyclic) bond motifs is 36. The van der Waals surface area contributed by atoms with Crippen LogP contribution in [0.25, 0.3) is 240 Å². The van der Waals surface area contributed by atoms with E-state index in [1.54, 1.807) is 0 Å². The minimum atomic E-state index is 0. The van der Waals surface area contributed by atoms with Gasteiger partial charge in [-0.2, -0.15) is 0 Å².